The van der Waals surface area contributed by atoms with Crippen molar-refractivity contribution in [2.75, 3.05) is 23.7 Å². The van der Waals surface area contributed by atoms with Crippen molar-refractivity contribution in [1.29, 1.82) is 0 Å². The van der Waals surface area contributed by atoms with E-state index < -0.39 is 0 Å². The largest absolute Gasteiger partial charge is 0.383 e. The fourth-order valence-corrected chi connectivity index (χ4v) is 8.29. The highest BCUT2D eigenvalue weighted by atomic mass is 15.0. The summed E-state index contributed by atoms with van der Waals surface area (Å²) in [7, 11) is 0. The van der Waals surface area contributed by atoms with E-state index in [9.17, 15) is 0 Å². The van der Waals surface area contributed by atoms with Crippen LogP contribution < -0.4 is 10.6 Å². The van der Waals surface area contributed by atoms with Crippen molar-refractivity contribution in [1.82, 2.24) is 9.13 Å². The van der Waals surface area contributed by atoms with Crippen LogP contribution in [0.1, 0.15) is 22.3 Å². The molecule has 0 aliphatic rings. The van der Waals surface area contributed by atoms with Crippen molar-refractivity contribution >= 4 is 55.0 Å². The van der Waals surface area contributed by atoms with E-state index in [4.69, 9.17) is 0 Å². The van der Waals surface area contributed by atoms with Crippen LogP contribution in [-0.4, -0.2) is 22.2 Å². The quantitative estimate of drug-likeness (QED) is 0.130. The zero-order valence-electron chi connectivity index (χ0n) is 31.2. The maximum absolute atomic E-state index is 3.57. The van der Waals surface area contributed by atoms with Crippen molar-refractivity contribution in [3.05, 3.63) is 216 Å². The van der Waals surface area contributed by atoms with E-state index in [1.165, 1.54) is 77.2 Å². The molecule has 0 atom stereocenters. The van der Waals surface area contributed by atoms with Gasteiger partial charge in [-0.15, -0.1) is 0 Å². The SMILES string of the molecule is c1ccc2c(c1)c1ccccc1n2-c1ccc(Cc2ccc(NCCNc3ccc(Cc4ccc(-n5c6ccccc6c6ccccc65)cc4)cc3)cc2)cc1. The minimum Gasteiger partial charge on any atom is -0.383 e. The van der Waals surface area contributed by atoms with E-state index in [1.54, 1.807) is 0 Å². The first-order chi connectivity index (χ1) is 27.7. The molecule has 0 aliphatic heterocycles. The maximum Gasteiger partial charge on any atom is 0.0541 e. The van der Waals surface area contributed by atoms with Gasteiger partial charge in [0.2, 0.25) is 0 Å². The van der Waals surface area contributed by atoms with Gasteiger partial charge in [-0.2, -0.15) is 0 Å². The average molecular weight is 723 g/mol. The third-order valence-corrected chi connectivity index (χ3v) is 11.1. The van der Waals surface area contributed by atoms with Gasteiger partial charge in [0.1, 0.15) is 0 Å². The first kappa shape index (κ1) is 33.5. The molecule has 0 aliphatic carbocycles. The molecule has 10 aromatic rings. The van der Waals surface area contributed by atoms with Gasteiger partial charge in [-0.3, -0.25) is 0 Å². The van der Waals surface area contributed by atoms with Crippen LogP contribution in [0.25, 0.3) is 55.0 Å². The molecule has 0 spiro atoms. The lowest BCUT2D eigenvalue weighted by Gasteiger charge is -2.11. The number of hydrogen-bond donors (Lipinski definition) is 2. The highest BCUT2D eigenvalue weighted by Crippen LogP contribution is 2.33. The number of para-hydroxylation sites is 4. The molecule has 0 saturated carbocycles. The Balaban J connectivity index is 0.712. The van der Waals surface area contributed by atoms with Crippen LogP contribution in [0.5, 0.6) is 0 Å². The molecule has 56 heavy (non-hydrogen) atoms. The number of hydrogen-bond acceptors (Lipinski definition) is 2. The van der Waals surface area contributed by atoms with Gasteiger partial charge in [-0.1, -0.05) is 121 Å². The summed E-state index contributed by atoms with van der Waals surface area (Å²) in [5.74, 6) is 0. The number of nitrogens with zero attached hydrogens (tertiary/aromatic N) is 2. The molecule has 4 nitrogen and oxygen atoms in total. The minimum absolute atomic E-state index is 0.837. The predicted molar refractivity (Wildman–Crippen MR) is 237 cm³/mol. The van der Waals surface area contributed by atoms with Gasteiger partial charge in [0.05, 0.1) is 22.1 Å². The van der Waals surface area contributed by atoms with Crippen LogP contribution in [-0.2, 0) is 12.8 Å². The molecule has 0 saturated heterocycles. The summed E-state index contributed by atoms with van der Waals surface area (Å²) < 4.78 is 4.74. The van der Waals surface area contributed by atoms with Crippen molar-refractivity contribution in [3.8, 4) is 11.4 Å². The number of nitrogens with one attached hydrogen (secondary N) is 2. The number of aromatic nitrogens is 2. The summed E-state index contributed by atoms with van der Waals surface area (Å²) in [6, 6.07) is 70.3. The van der Waals surface area contributed by atoms with Crippen molar-refractivity contribution in [3.63, 3.8) is 0 Å². The van der Waals surface area contributed by atoms with Gasteiger partial charge >= 0.3 is 0 Å². The number of anilines is 2. The second kappa shape index (κ2) is 14.7. The minimum atomic E-state index is 0.837. The molecule has 4 heteroatoms. The van der Waals surface area contributed by atoms with E-state index in [0.29, 0.717) is 0 Å². The van der Waals surface area contributed by atoms with Crippen LogP contribution in [0.3, 0.4) is 0 Å². The summed E-state index contributed by atoms with van der Waals surface area (Å²) >= 11 is 0. The summed E-state index contributed by atoms with van der Waals surface area (Å²) in [6.07, 6.45) is 1.80. The lowest BCUT2D eigenvalue weighted by molar-refractivity contribution is 1.08. The topological polar surface area (TPSA) is 33.9 Å². The van der Waals surface area contributed by atoms with Crippen molar-refractivity contribution in [2.24, 2.45) is 0 Å². The smallest absolute Gasteiger partial charge is 0.0541 e. The third-order valence-electron chi connectivity index (χ3n) is 11.1. The number of rotatable bonds is 11. The molecule has 2 aromatic heterocycles. The molecule has 0 amide bonds. The van der Waals surface area contributed by atoms with Gasteiger partial charge in [0.25, 0.3) is 0 Å². The Labute approximate surface area is 327 Å². The lowest BCUT2D eigenvalue weighted by atomic mass is 10.0. The van der Waals surface area contributed by atoms with Crippen LogP contribution in [0.2, 0.25) is 0 Å². The Morgan fingerprint density at radius 2 is 0.554 bits per heavy atom. The van der Waals surface area contributed by atoms with Gasteiger partial charge in [-0.25, -0.2) is 0 Å². The molecule has 270 valence electrons. The first-order valence-corrected chi connectivity index (χ1v) is 19.6. The summed E-state index contributed by atoms with van der Waals surface area (Å²) in [5, 5.41) is 12.3. The Kier molecular flexibility index (Phi) is 8.77. The highest BCUT2D eigenvalue weighted by Gasteiger charge is 2.13. The molecular formula is C52H42N4. The second-order valence-electron chi connectivity index (χ2n) is 14.7. The molecule has 0 bridgehead atoms. The fraction of sp³-hybridized carbons (Fsp3) is 0.0769. The molecular weight excluding hydrogens is 681 g/mol. The lowest BCUT2D eigenvalue weighted by Crippen LogP contribution is -2.13. The van der Waals surface area contributed by atoms with Crippen LogP contribution in [0.15, 0.2) is 194 Å². The number of fused-ring (bicyclic) bond motifs is 6. The average Bonchev–Trinajstić information content (AvgIpc) is 3.77. The summed E-state index contributed by atoms with van der Waals surface area (Å²) in [5.41, 5.74) is 14.8. The standard InChI is InChI=1S/C52H42N4/c1-5-13-49-45(9-1)46-10-2-6-14-50(46)55(49)43-29-21-39(22-30-43)35-37-17-25-41(26-18-37)53-33-34-54-42-27-19-38(20-28-42)36-40-23-31-44(32-24-40)56-51-15-7-3-11-47(51)48-12-4-8-16-52(48)56/h1-32,53-54H,33-36H2. The number of benzene rings is 8. The normalized spacial score (nSPS) is 11.5. The van der Waals surface area contributed by atoms with Gasteiger partial charge in [-0.05, 0) is 108 Å². The highest BCUT2D eigenvalue weighted by molar-refractivity contribution is 6.10. The van der Waals surface area contributed by atoms with Crippen molar-refractivity contribution < 1.29 is 0 Å². The van der Waals surface area contributed by atoms with E-state index in [-0.39, 0.29) is 0 Å². The maximum atomic E-state index is 3.57. The summed E-state index contributed by atoms with van der Waals surface area (Å²) in [6.45, 7) is 1.67. The van der Waals surface area contributed by atoms with E-state index in [2.05, 4.69) is 214 Å². The second-order valence-corrected chi connectivity index (χ2v) is 14.7. The monoisotopic (exact) mass is 722 g/mol. The van der Waals surface area contributed by atoms with Crippen molar-refractivity contribution in [2.45, 2.75) is 12.8 Å². The van der Waals surface area contributed by atoms with Crippen LogP contribution in [0.4, 0.5) is 11.4 Å². The third kappa shape index (κ3) is 6.46. The predicted octanol–water partition coefficient (Wildman–Crippen LogP) is 12.6. The van der Waals surface area contributed by atoms with Gasteiger partial charge < -0.3 is 19.8 Å². The Bertz CT molecular complexity index is 2620. The Hall–Kier alpha value is -7.04. The molecule has 0 unspecified atom stereocenters. The molecule has 10 rings (SSSR count). The van der Waals surface area contributed by atoms with E-state index in [0.717, 1.165) is 37.3 Å². The molecule has 2 N–H and O–H groups in total. The Morgan fingerprint density at radius 1 is 0.286 bits per heavy atom. The Morgan fingerprint density at radius 3 is 0.857 bits per heavy atom. The van der Waals surface area contributed by atoms with Crippen LogP contribution >= 0.6 is 0 Å². The molecule has 2 heterocycles. The molecule has 0 fully saturated rings. The first-order valence-electron chi connectivity index (χ1n) is 19.6. The van der Waals surface area contributed by atoms with E-state index >= 15 is 0 Å². The summed E-state index contributed by atoms with van der Waals surface area (Å²) in [4.78, 5) is 0. The molecule has 0 radical (unpaired) electrons. The van der Waals surface area contributed by atoms with Gasteiger partial charge in [0.15, 0.2) is 0 Å². The molecule has 8 aromatic carbocycles. The zero-order valence-corrected chi connectivity index (χ0v) is 31.2. The zero-order chi connectivity index (χ0) is 37.3. The van der Waals surface area contributed by atoms with Gasteiger partial charge in [0, 0.05) is 57.4 Å². The van der Waals surface area contributed by atoms with Crippen LogP contribution in [0, 0.1) is 0 Å². The van der Waals surface area contributed by atoms with E-state index in [1.807, 2.05) is 0 Å². The fourth-order valence-electron chi connectivity index (χ4n) is 8.29.